The van der Waals surface area contributed by atoms with E-state index in [2.05, 4.69) is 15.5 Å². The summed E-state index contributed by atoms with van der Waals surface area (Å²) in [6.07, 6.45) is 2.86. The van der Waals surface area contributed by atoms with Crippen LogP contribution < -0.4 is 14.9 Å². The van der Waals surface area contributed by atoms with E-state index < -0.39 is 10.9 Å². The number of carboxylic acid groups (broad SMARTS) is 1. The quantitative estimate of drug-likeness (QED) is 0.306. The van der Waals surface area contributed by atoms with Crippen LogP contribution >= 0.6 is 0 Å². The molecule has 0 amide bonds. The maximum atomic E-state index is 11.0. The SMILES string of the molecule is COc1cc(/C=N\Nc2ncccc2[N+](=O)[O-])ccc1OCc1ccc(C(=O)O)o1. The summed E-state index contributed by atoms with van der Waals surface area (Å²) in [5.41, 5.74) is 2.98. The smallest absolute Gasteiger partial charge is 0.371 e. The van der Waals surface area contributed by atoms with E-state index in [0.717, 1.165) is 0 Å². The Morgan fingerprint density at radius 1 is 1.33 bits per heavy atom. The maximum Gasteiger partial charge on any atom is 0.371 e. The molecule has 0 unspecified atom stereocenters. The molecule has 0 radical (unpaired) electrons. The number of anilines is 1. The number of nitro groups is 1. The second kappa shape index (κ2) is 9.19. The molecule has 0 fully saturated rings. The van der Waals surface area contributed by atoms with Gasteiger partial charge in [0.25, 0.3) is 0 Å². The average Bonchev–Trinajstić information content (AvgIpc) is 3.22. The lowest BCUT2D eigenvalue weighted by Crippen LogP contribution is -2.00. The van der Waals surface area contributed by atoms with Crippen LogP contribution in [0.15, 0.2) is 58.2 Å². The number of rotatable bonds is 9. The van der Waals surface area contributed by atoms with E-state index in [-0.39, 0.29) is 23.9 Å². The van der Waals surface area contributed by atoms with Crippen LogP contribution in [0.2, 0.25) is 0 Å². The van der Waals surface area contributed by atoms with Crippen molar-refractivity contribution in [1.29, 1.82) is 0 Å². The molecule has 0 aliphatic carbocycles. The Bertz CT molecular complexity index is 1090. The standard InChI is InChI=1S/C19H16N4O7/c1-28-17-9-12(10-21-22-18-14(23(26)27)3-2-8-20-18)4-6-15(17)29-11-13-5-7-16(30-13)19(24)25/h2-10H,11H2,1H3,(H,20,22)(H,24,25)/b21-10-. The lowest BCUT2D eigenvalue weighted by molar-refractivity contribution is -0.384. The van der Waals surface area contributed by atoms with Gasteiger partial charge in [-0.3, -0.25) is 15.5 Å². The summed E-state index contributed by atoms with van der Waals surface area (Å²) >= 11 is 0. The monoisotopic (exact) mass is 412 g/mol. The number of ether oxygens (including phenoxy) is 2. The first-order valence-corrected chi connectivity index (χ1v) is 8.49. The van der Waals surface area contributed by atoms with E-state index in [1.165, 1.54) is 43.8 Å². The number of hydrogen-bond acceptors (Lipinski definition) is 9. The van der Waals surface area contributed by atoms with Gasteiger partial charge in [-0.15, -0.1) is 0 Å². The van der Waals surface area contributed by atoms with Gasteiger partial charge in [0.2, 0.25) is 11.6 Å². The van der Waals surface area contributed by atoms with Crippen LogP contribution in [0.3, 0.4) is 0 Å². The summed E-state index contributed by atoms with van der Waals surface area (Å²) in [7, 11) is 1.47. The fourth-order valence-corrected chi connectivity index (χ4v) is 2.40. The number of carboxylic acids is 1. The van der Waals surface area contributed by atoms with Crippen molar-refractivity contribution in [3.05, 3.63) is 75.9 Å². The highest BCUT2D eigenvalue weighted by molar-refractivity contribution is 5.84. The molecular formula is C19H16N4O7. The maximum absolute atomic E-state index is 11.0. The number of aromatic carboxylic acids is 1. The molecule has 2 aromatic heterocycles. The largest absolute Gasteiger partial charge is 0.493 e. The van der Waals surface area contributed by atoms with Crippen LogP contribution in [0, 0.1) is 10.1 Å². The second-order valence-electron chi connectivity index (χ2n) is 5.77. The van der Waals surface area contributed by atoms with Crippen molar-refractivity contribution in [3.8, 4) is 11.5 Å². The number of furan rings is 1. The zero-order valence-corrected chi connectivity index (χ0v) is 15.6. The Balaban J connectivity index is 1.67. The lowest BCUT2D eigenvalue weighted by Gasteiger charge is -2.10. The molecule has 2 heterocycles. The molecule has 0 atom stereocenters. The summed E-state index contributed by atoms with van der Waals surface area (Å²) in [6.45, 7) is 0.0158. The lowest BCUT2D eigenvalue weighted by atomic mass is 10.2. The molecule has 11 heteroatoms. The van der Waals surface area contributed by atoms with Crippen LogP contribution in [0.1, 0.15) is 21.9 Å². The average molecular weight is 412 g/mol. The Kier molecular flexibility index (Phi) is 6.23. The molecule has 11 nitrogen and oxygen atoms in total. The van der Waals surface area contributed by atoms with Crippen molar-refractivity contribution >= 4 is 23.7 Å². The van der Waals surface area contributed by atoms with Gasteiger partial charge in [-0.1, -0.05) is 0 Å². The molecule has 0 spiro atoms. The van der Waals surface area contributed by atoms with Gasteiger partial charge in [-0.05, 0) is 42.0 Å². The number of nitrogens with zero attached hydrogens (tertiary/aromatic N) is 3. The highest BCUT2D eigenvalue weighted by atomic mass is 16.6. The topological polar surface area (TPSA) is 149 Å². The molecule has 3 rings (SSSR count). The highest BCUT2D eigenvalue weighted by Crippen LogP contribution is 2.28. The molecule has 154 valence electrons. The van der Waals surface area contributed by atoms with E-state index in [4.69, 9.17) is 19.0 Å². The molecule has 2 N–H and O–H groups in total. The number of hydrogen-bond donors (Lipinski definition) is 2. The van der Waals surface area contributed by atoms with Crippen LogP contribution in [-0.2, 0) is 6.61 Å². The summed E-state index contributed by atoms with van der Waals surface area (Å²) in [5.74, 6) is -0.144. The van der Waals surface area contributed by atoms with Gasteiger partial charge >= 0.3 is 11.7 Å². The van der Waals surface area contributed by atoms with Crippen molar-refractivity contribution in [2.24, 2.45) is 5.10 Å². The van der Waals surface area contributed by atoms with Gasteiger partial charge in [0.1, 0.15) is 12.4 Å². The number of hydrazone groups is 1. The third kappa shape index (κ3) is 4.90. The minimum Gasteiger partial charge on any atom is -0.493 e. The van der Waals surface area contributed by atoms with E-state index in [1.807, 2.05) is 0 Å². The van der Waals surface area contributed by atoms with Gasteiger partial charge in [0, 0.05) is 12.3 Å². The van der Waals surface area contributed by atoms with Gasteiger partial charge in [-0.25, -0.2) is 9.78 Å². The minimum absolute atomic E-state index is 0.0158. The van der Waals surface area contributed by atoms with Gasteiger partial charge in [0.05, 0.1) is 18.2 Å². The Morgan fingerprint density at radius 3 is 2.87 bits per heavy atom. The van der Waals surface area contributed by atoms with Gasteiger partial charge in [-0.2, -0.15) is 5.10 Å². The van der Waals surface area contributed by atoms with Crippen molar-refractivity contribution in [2.75, 3.05) is 12.5 Å². The number of benzene rings is 1. The molecule has 0 saturated heterocycles. The number of aromatic nitrogens is 1. The van der Waals surface area contributed by atoms with Crippen LogP contribution in [-0.4, -0.2) is 34.3 Å². The van der Waals surface area contributed by atoms with E-state index in [1.54, 1.807) is 18.2 Å². The molecule has 30 heavy (non-hydrogen) atoms. The summed E-state index contributed by atoms with van der Waals surface area (Å²) in [5, 5.41) is 23.8. The van der Waals surface area contributed by atoms with Crippen LogP contribution in [0.25, 0.3) is 0 Å². The molecule has 0 saturated carbocycles. The molecule has 0 bridgehead atoms. The predicted molar refractivity (Wildman–Crippen MR) is 105 cm³/mol. The molecule has 0 aliphatic rings. The third-order valence-electron chi connectivity index (χ3n) is 3.80. The summed E-state index contributed by atoms with van der Waals surface area (Å²) in [4.78, 5) is 25.2. The zero-order valence-electron chi connectivity index (χ0n) is 15.6. The fourth-order valence-electron chi connectivity index (χ4n) is 2.40. The first kappa shape index (κ1) is 20.3. The van der Waals surface area contributed by atoms with E-state index in [9.17, 15) is 14.9 Å². The highest BCUT2D eigenvalue weighted by Gasteiger charge is 2.13. The zero-order chi connectivity index (χ0) is 21.5. The molecule has 3 aromatic rings. The first-order valence-electron chi connectivity index (χ1n) is 8.49. The normalized spacial score (nSPS) is 10.7. The Labute approximate surface area is 169 Å². The number of carbonyl (C=O) groups is 1. The number of nitrogens with one attached hydrogen (secondary N) is 1. The van der Waals surface area contributed by atoms with Crippen LogP contribution in [0.4, 0.5) is 11.5 Å². The van der Waals surface area contributed by atoms with Crippen LogP contribution in [0.5, 0.6) is 11.5 Å². The van der Waals surface area contributed by atoms with Crippen molar-refractivity contribution in [1.82, 2.24) is 4.98 Å². The van der Waals surface area contributed by atoms with Gasteiger partial charge in [0.15, 0.2) is 11.5 Å². The predicted octanol–water partition coefficient (Wildman–Crippen LogP) is 3.31. The fraction of sp³-hybridized carbons (Fsp3) is 0.105. The summed E-state index contributed by atoms with van der Waals surface area (Å²) < 4.78 is 16.1. The molecular weight excluding hydrogens is 396 g/mol. The Morgan fingerprint density at radius 2 is 2.17 bits per heavy atom. The van der Waals surface area contributed by atoms with Crippen molar-refractivity contribution in [2.45, 2.75) is 6.61 Å². The molecule has 0 aliphatic heterocycles. The third-order valence-corrected chi connectivity index (χ3v) is 3.80. The second-order valence-corrected chi connectivity index (χ2v) is 5.77. The van der Waals surface area contributed by atoms with Gasteiger partial charge < -0.3 is 19.0 Å². The van der Waals surface area contributed by atoms with Crippen molar-refractivity contribution < 1.29 is 28.7 Å². The van der Waals surface area contributed by atoms with E-state index >= 15 is 0 Å². The summed E-state index contributed by atoms with van der Waals surface area (Å²) in [6, 6.07) is 10.6. The number of pyridine rings is 1. The molecule has 1 aromatic carbocycles. The van der Waals surface area contributed by atoms with Crippen molar-refractivity contribution in [3.63, 3.8) is 0 Å². The Hall–Kier alpha value is -4.41. The minimum atomic E-state index is -1.16. The first-order chi connectivity index (χ1) is 14.5. The number of methoxy groups -OCH3 is 1. The van der Waals surface area contributed by atoms with E-state index in [0.29, 0.717) is 22.8 Å².